The Morgan fingerprint density at radius 2 is 2.03 bits per heavy atom. The van der Waals surface area contributed by atoms with Crippen molar-refractivity contribution in [1.29, 1.82) is 0 Å². The van der Waals surface area contributed by atoms with E-state index in [0.29, 0.717) is 32.4 Å². The van der Waals surface area contributed by atoms with Crippen LogP contribution in [0.1, 0.15) is 54.7 Å². The van der Waals surface area contributed by atoms with E-state index in [1.54, 1.807) is 0 Å². The summed E-state index contributed by atoms with van der Waals surface area (Å²) >= 11 is 5.89. The summed E-state index contributed by atoms with van der Waals surface area (Å²) in [6.45, 7) is 4.90. The summed E-state index contributed by atoms with van der Waals surface area (Å²) in [6, 6.07) is 7.76. The lowest BCUT2D eigenvalue weighted by Crippen LogP contribution is -2.35. The normalized spacial score (nSPS) is 17.3. The molecule has 1 fully saturated rings. The lowest BCUT2D eigenvalue weighted by molar-refractivity contribution is -0.131. The summed E-state index contributed by atoms with van der Waals surface area (Å²) in [7, 11) is 0. The van der Waals surface area contributed by atoms with Crippen molar-refractivity contribution in [2.45, 2.75) is 65.0 Å². The molecule has 1 unspecified atom stereocenters. The molecule has 156 valence electrons. The van der Waals surface area contributed by atoms with Crippen LogP contribution < -0.4 is 5.32 Å². The summed E-state index contributed by atoms with van der Waals surface area (Å²) in [5.41, 5.74) is 2.98. The van der Waals surface area contributed by atoms with Gasteiger partial charge in [-0.3, -0.25) is 9.59 Å². The molecule has 0 radical (unpaired) electrons. The predicted octanol–water partition coefficient (Wildman–Crippen LogP) is 3.97. The maximum absolute atomic E-state index is 12.5. The number of aryl methyl sites for hydroxylation is 3. The summed E-state index contributed by atoms with van der Waals surface area (Å²) in [6.07, 6.45) is 4.00. The number of hydrogen-bond donors (Lipinski definition) is 1. The van der Waals surface area contributed by atoms with Gasteiger partial charge in [0.05, 0.1) is 12.2 Å². The highest BCUT2D eigenvalue weighted by molar-refractivity contribution is 6.30. The summed E-state index contributed by atoms with van der Waals surface area (Å²) in [4.78, 5) is 26.7. The minimum absolute atomic E-state index is 0.0386. The van der Waals surface area contributed by atoms with Crippen molar-refractivity contribution < 1.29 is 14.1 Å². The molecule has 2 heterocycles. The zero-order valence-electron chi connectivity index (χ0n) is 17.0. The number of nitrogens with one attached hydrogen (secondary N) is 1. The molecule has 1 aliphatic rings. The van der Waals surface area contributed by atoms with Crippen molar-refractivity contribution in [2.24, 2.45) is 0 Å². The van der Waals surface area contributed by atoms with Crippen LogP contribution in [0.5, 0.6) is 0 Å². The first-order valence-electron chi connectivity index (χ1n) is 10.2. The second kappa shape index (κ2) is 9.92. The number of rotatable bonds is 7. The number of aromatic nitrogens is 1. The standard InChI is InChI=1S/C22H28ClN3O3/c1-15-20(16(2)29-25-15)14-26-13-12-19(10-11-22(26)28)24-21(27)5-3-4-17-6-8-18(23)9-7-17/h6-9,19H,3-5,10-14H2,1-2H3,(H,24,27). The fourth-order valence-electron chi connectivity index (χ4n) is 3.67. The number of likely N-dealkylation sites (tertiary alicyclic amines) is 1. The van der Waals surface area contributed by atoms with Gasteiger partial charge in [0.2, 0.25) is 11.8 Å². The lowest BCUT2D eigenvalue weighted by Gasteiger charge is -2.21. The number of amides is 2. The topological polar surface area (TPSA) is 75.4 Å². The molecule has 0 aliphatic carbocycles. The van der Waals surface area contributed by atoms with Gasteiger partial charge in [-0.1, -0.05) is 28.9 Å². The van der Waals surface area contributed by atoms with E-state index in [1.165, 1.54) is 5.56 Å². The Labute approximate surface area is 176 Å². The Morgan fingerprint density at radius 1 is 1.28 bits per heavy atom. The van der Waals surface area contributed by atoms with Crippen LogP contribution in [0.4, 0.5) is 0 Å². The number of carbonyl (C=O) groups is 2. The van der Waals surface area contributed by atoms with Crippen molar-refractivity contribution in [1.82, 2.24) is 15.4 Å². The van der Waals surface area contributed by atoms with E-state index >= 15 is 0 Å². The number of carbonyl (C=O) groups excluding carboxylic acids is 2. The van der Waals surface area contributed by atoms with Crippen LogP contribution in [0.3, 0.4) is 0 Å². The number of hydrogen-bond acceptors (Lipinski definition) is 4. The zero-order valence-corrected chi connectivity index (χ0v) is 17.8. The molecule has 7 heteroatoms. The van der Waals surface area contributed by atoms with Gasteiger partial charge in [0.1, 0.15) is 5.76 Å². The molecule has 1 saturated heterocycles. The van der Waals surface area contributed by atoms with Gasteiger partial charge in [-0.25, -0.2) is 0 Å². The van der Waals surface area contributed by atoms with Crippen molar-refractivity contribution in [2.75, 3.05) is 6.54 Å². The van der Waals surface area contributed by atoms with E-state index in [4.69, 9.17) is 16.1 Å². The predicted molar refractivity (Wildman–Crippen MR) is 112 cm³/mol. The SMILES string of the molecule is Cc1noc(C)c1CN1CCC(NC(=O)CCCc2ccc(Cl)cc2)CCC1=O. The monoisotopic (exact) mass is 417 g/mol. The van der Waals surface area contributed by atoms with Crippen LogP contribution in [0.15, 0.2) is 28.8 Å². The molecule has 1 N–H and O–H groups in total. The highest BCUT2D eigenvalue weighted by Crippen LogP contribution is 2.19. The van der Waals surface area contributed by atoms with Crippen molar-refractivity contribution in [3.63, 3.8) is 0 Å². The third kappa shape index (κ3) is 6.07. The van der Waals surface area contributed by atoms with Gasteiger partial charge in [-0.15, -0.1) is 0 Å². The van der Waals surface area contributed by atoms with Crippen LogP contribution in [0.25, 0.3) is 0 Å². The van der Waals surface area contributed by atoms with E-state index < -0.39 is 0 Å². The van der Waals surface area contributed by atoms with E-state index in [1.807, 2.05) is 43.0 Å². The molecule has 1 aliphatic heterocycles. The third-order valence-electron chi connectivity index (χ3n) is 5.48. The average Bonchev–Trinajstić information content (AvgIpc) is 2.90. The molecule has 0 bridgehead atoms. The minimum Gasteiger partial charge on any atom is -0.361 e. The quantitative estimate of drug-likeness (QED) is 0.739. The first kappa shape index (κ1) is 21.4. The molecule has 1 aromatic heterocycles. The van der Waals surface area contributed by atoms with Gasteiger partial charge in [0, 0.05) is 36.0 Å². The van der Waals surface area contributed by atoms with Gasteiger partial charge in [-0.05, 0) is 57.2 Å². The van der Waals surface area contributed by atoms with Crippen molar-refractivity contribution in [3.05, 3.63) is 51.9 Å². The number of halogens is 1. The average molecular weight is 418 g/mol. The largest absolute Gasteiger partial charge is 0.361 e. The van der Waals surface area contributed by atoms with Crippen LogP contribution in [0.2, 0.25) is 5.02 Å². The molecule has 29 heavy (non-hydrogen) atoms. The fraction of sp³-hybridized carbons (Fsp3) is 0.500. The molecule has 0 spiro atoms. The Morgan fingerprint density at radius 3 is 2.72 bits per heavy atom. The highest BCUT2D eigenvalue weighted by atomic mass is 35.5. The number of nitrogens with zero attached hydrogens (tertiary/aromatic N) is 2. The summed E-state index contributed by atoms with van der Waals surface area (Å²) in [5.74, 6) is 0.921. The lowest BCUT2D eigenvalue weighted by atomic mass is 10.1. The Bertz CT molecular complexity index is 828. The van der Waals surface area contributed by atoms with Gasteiger partial charge >= 0.3 is 0 Å². The van der Waals surface area contributed by atoms with Crippen molar-refractivity contribution >= 4 is 23.4 Å². The molecule has 6 nitrogen and oxygen atoms in total. The van der Waals surface area contributed by atoms with Crippen molar-refractivity contribution in [3.8, 4) is 0 Å². The van der Waals surface area contributed by atoms with Crippen LogP contribution >= 0.6 is 11.6 Å². The second-order valence-electron chi connectivity index (χ2n) is 7.69. The highest BCUT2D eigenvalue weighted by Gasteiger charge is 2.25. The van der Waals surface area contributed by atoms with E-state index in [-0.39, 0.29) is 17.9 Å². The van der Waals surface area contributed by atoms with Gasteiger partial charge in [0.25, 0.3) is 0 Å². The Kier molecular flexibility index (Phi) is 7.31. The van der Waals surface area contributed by atoms with E-state index in [9.17, 15) is 9.59 Å². The maximum atomic E-state index is 12.5. The molecule has 0 saturated carbocycles. The zero-order chi connectivity index (χ0) is 20.8. The molecule has 3 rings (SSSR count). The summed E-state index contributed by atoms with van der Waals surface area (Å²) < 4.78 is 5.20. The van der Waals surface area contributed by atoms with Gasteiger partial charge in [-0.2, -0.15) is 0 Å². The van der Waals surface area contributed by atoms with Crippen LogP contribution in [0, 0.1) is 13.8 Å². The number of benzene rings is 1. The van der Waals surface area contributed by atoms with E-state index in [0.717, 1.165) is 41.3 Å². The van der Waals surface area contributed by atoms with Gasteiger partial charge < -0.3 is 14.7 Å². The molecule has 2 aromatic rings. The Balaban J connectivity index is 1.44. The first-order chi connectivity index (χ1) is 13.9. The van der Waals surface area contributed by atoms with Gasteiger partial charge in [0.15, 0.2) is 0 Å². The van der Waals surface area contributed by atoms with E-state index in [2.05, 4.69) is 10.5 Å². The smallest absolute Gasteiger partial charge is 0.222 e. The van der Waals surface area contributed by atoms with Crippen LogP contribution in [-0.2, 0) is 22.6 Å². The Hall–Kier alpha value is -2.34. The second-order valence-corrected chi connectivity index (χ2v) is 8.13. The molecule has 2 amide bonds. The minimum atomic E-state index is 0.0386. The van der Waals surface area contributed by atoms with Crippen LogP contribution in [-0.4, -0.2) is 34.5 Å². The maximum Gasteiger partial charge on any atom is 0.222 e. The molecular weight excluding hydrogens is 390 g/mol. The molecule has 1 atom stereocenters. The first-order valence-corrected chi connectivity index (χ1v) is 10.5. The fourth-order valence-corrected chi connectivity index (χ4v) is 3.80. The molecular formula is C22H28ClN3O3. The summed E-state index contributed by atoms with van der Waals surface area (Å²) in [5, 5.41) is 7.79. The third-order valence-corrected chi connectivity index (χ3v) is 5.74. The molecule has 1 aromatic carbocycles.